The Labute approximate surface area is 154 Å². The van der Waals surface area contributed by atoms with Crippen LogP contribution in [0.1, 0.15) is 66.1 Å². The molecular formula is C19H20F3N3O2. The van der Waals surface area contributed by atoms with Crippen LogP contribution >= 0.6 is 0 Å². The van der Waals surface area contributed by atoms with Crippen molar-refractivity contribution in [3.63, 3.8) is 0 Å². The van der Waals surface area contributed by atoms with Crippen molar-refractivity contribution in [3.8, 4) is 0 Å². The first-order valence-electron chi connectivity index (χ1n) is 8.74. The molecule has 1 fully saturated rings. The second-order valence-electron chi connectivity index (χ2n) is 7.11. The van der Waals surface area contributed by atoms with Crippen LogP contribution in [0.2, 0.25) is 0 Å². The number of nitrogens with zero attached hydrogens (tertiary/aromatic N) is 1. The van der Waals surface area contributed by atoms with Crippen LogP contribution in [-0.2, 0) is 6.18 Å². The van der Waals surface area contributed by atoms with Crippen molar-refractivity contribution in [2.45, 2.75) is 44.8 Å². The van der Waals surface area contributed by atoms with Crippen LogP contribution in [0.4, 0.5) is 13.2 Å². The molecule has 1 aliphatic rings. The summed E-state index contributed by atoms with van der Waals surface area (Å²) in [6.07, 6.45) is -2.56. The van der Waals surface area contributed by atoms with Gasteiger partial charge in [-0.05, 0) is 36.5 Å². The van der Waals surface area contributed by atoms with Crippen LogP contribution in [0.15, 0.2) is 35.1 Å². The van der Waals surface area contributed by atoms with Gasteiger partial charge in [0.05, 0.1) is 11.6 Å². The third-order valence-corrected chi connectivity index (χ3v) is 4.51. The zero-order valence-corrected chi connectivity index (χ0v) is 14.9. The molecule has 0 radical (unpaired) electrons. The number of carbonyl (C=O) groups is 1. The molecule has 2 aromatic rings. The van der Waals surface area contributed by atoms with Crippen LogP contribution in [0, 0.1) is 5.92 Å². The van der Waals surface area contributed by atoms with Crippen LogP contribution in [0.3, 0.4) is 0 Å². The van der Waals surface area contributed by atoms with Gasteiger partial charge in [-0.2, -0.15) is 13.2 Å². The molecule has 144 valence electrons. The Morgan fingerprint density at radius 1 is 1.22 bits per heavy atom. The van der Waals surface area contributed by atoms with E-state index in [4.69, 9.17) is 0 Å². The van der Waals surface area contributed by atoms with Gasteiger partial charge in [0.2, 0.25) is 0 Å². The molecule has 1 saturated carbocycles. The summed E-state index contributed by atoms with van der Waals surface area (Å²) in [4.78, 5) is 31.3. The quantitative estimate of drug-likeness (QED) is 0.830. The Bertz CT molecular complexity index is 884. The van der Waals surface area contributed by atoms with Crippen LogP contribution in [0.25, 0.3) is 0 Å². The molecule has 0 aliphatic heterocycles. The van der Waals surface area contributed by atoms with E-state index in [0.29, 0.717) is 11.4 Å². The Hall–Kier alpha value is -2.64. The SMILES string of the molecule is CC(C)C(NC(=O)c1cc(=O)[nH]c(C2CC2)n1)c1ccc(C(F)(F)F)cc1. The molecule has 0 saturated heterocycles. The van der Waals surface area contributed by atoms with Crippen molar-refractivity contribution < 1.29 is 18.0 Å². The Morgan fingerprint density at radius 2 is 1.85 bits per heavy atom. The zero-order valence-electron chi connectivity index (χ0n) is 14.9. The highest BCUT2D eigenvalue weighted by atomic mass is 19.4. The number of H-pyrrole nitrogens is 1. The third-order valence-electron chi connectivity index (χ3n) is 4.51. The minimum atomic E-state index is -4.41. The van der Waals surface area contributed by atoms with Crippen LogP contribution in [-0.4, -0.2) is 15.9 Å². The lowest BCUT2D eigenvalue weighted by Crippen LogP contribution is -2.33. The molecule has 1 aromatic carbocycles. The molecule has 1 unspecified atom stereocenters. The Balaban J connectivity index is 1.82. The number of hydrogen-bond acceptors (Lipinski definition) is 3. The van der Waals surface area contributed by atoms with Crippen molar-refractivity contribution in [2.24, 2.45) is 5.92 Å². The average Bonchev–Trinajstić information content (AvgIpc) is 3.43. The lowest BCUT2D eigenvalue weighted by atomic mass is 9.95. The second-order valence-corrected chi connectivity index (χ2v) is 7.11. The molecule has 8 heteroatoms. The molecule has 1 atom stereocenters. The number of rotatable bonds is 5. The normalized spacial score (nSPS) is 15.6. The highest BCUT2D eigenvalue weighted by Gasteiger charge is 2.31. The van der Waals surface area contributed by atoms with Gasteiger partial charge in [-0.25, -0.2) is 4.98 Å². The molecule has 1 heterocycles. The lowest BCUT2D eigenvalue weighted by Gasteiger charge is -2.23. The number of hydrogen-bond donors (Lipinski definition) is 2. The summed E-state index contributed by atoms with van der Waals surface area (Å²) in [6, 6.07) is 5.32. The standard InChI is InChI=1S/C19H20F3N3O2/c1-10(2)16(11-5-7-13(8-6-11)19(20,21)22)25-18(27)14-9-15(26)24-17(23-14)12-3-4-12/h5-10,12,16H,3-4H2,1-2H3,(H,25,27)(H,23,24,26). The molecule has 0 spiro atoms. The Kier molecular flexibility index (Phi) is 5.08. The topological polar surface area (TPSA) is 74.8 Å². The molecule has 3 rings (SSSR count). The summed E-state index contributed by atoms with van der Waals surface area (Å²) in [6.45, 7) is 3.70. The number of carbonyl (C=O) groups excluding carboxylic acids is 1. The number of alkyl halides is 3. The number of nitrogens with one attached hydrogen (secondary N) is 2. The van der Waals surface area contributed by atoms with Crippen molar-refractivity contribution >= 4 is 5.91 Å². The predicted molar refractivity (Wildman–Crippen MR) is 93.3 cm³/mol. The highest BCUT2D eigenvalue weighted by molar-refractivity contribution is 5.92. The molecule has 0 bridgehead atoms. The van der Waals surface area contributed by atoms with Crippen LogP contribution < -0.4 is 10.9 Å². The fraction of sp³-hybridized carbons (Fsp3) is 0.421. The molecule has 1 aromatic heterocycles. The van der Waals surface area contributed by atoms with Gasteiger partial charge in [-0.3, -0.25) is 9.59 Å². The first-order valence-corrected chi connectivity index (χ1v) is 8.74. The fourth-order valence-corrected chi connectivity index (χ4v) is 2.87. The largest absolute Gasteiger partial charge is 0.416 e. The van der Waals surface area contributed by atoms with Gasteiger partial charge < -0.3 is 10.3 Å². The maximum absolute atomic E-state index is 12.7. The lowest BCUT2D eigenvalue weighted by molar-refractivity contribution is -0.137. The smallest absolute Gasteiger partial charge is 0.344 e. The maximum atomic E-state index is 12.7. The minimum Gasteiger partial charge on any atom is -0.344 e. The number of amides is 1. The number of halogens is 3. The van der Waals surface area contributed by atoms with Gasteiger partial charge in [0.15, 0.2) is 0 Å². The van der Waals surface area contributed by atoms with Gasteiger partial charge in [-0.15, -0.1) is 0 Å². The first kappa shape index (κ1) is 19.1. The summed E-state index contributed by atoms with van der Waals surface area (Å²) in [5.74, 6) is 0.0849. The maximum Gasteiger partial charge on any atom is 0.416 e. The van der Waals surface area contributed by atoms with E-state index in [1.165, 1.54) is 12.1 Å². The van der Waals surface area contributed by atoms with Crippen molar-refractivity contribution in [2.75, 3.05) is 0 Å². The van der Waals surface area contributed by atoms with Gasteiger partial charge in [0.25, 0.3) is 11.5 Å². The van der Waals surface area contributed by atoms with Gasteiger partial charge >= 0.3 is 6.18 Å². The first-order chi connectivity index (χ1) is 12.6. The number of aromatic nitrogens is 2. The molecule has 5 nitrogen and oxygen atoms in total. The summed E-state index contributed by atoms with van der Waals surface area (Å²) < 4.78 is 38.2. The average molecular weight is 379 g/mol. The monoisotopic (exact) mass is 379 g/mol. The summed E-state index contributed by atoms with van der Waals surface area (Å²) in [5, 5.41) is 2.79. The summed E-state index contributed by atoms with van der Waals surface area (Å²) in [5.41, 5.74) is -0.574. The van der Waals surface area contributed by atoms with E-state index in [0.717, 1.165) is 31.0 Å². The minimum absolute atomic E-state index is 0.0122. The van der Waals surface area contributed by atoms with E-state index >= 15 is 0 Å². The molecule has 2 N–H and O–H groups in total. The number of aromatic amines is 1. The van der Waals surface area contributed by atoms with E-state index in [1.807, 2.05) is 13.8 Å². The van der Waals surface area contributed by atoms with Gasteiger partial charge in [-0.1, -0.05) is 26.0 Å². The van der Waals surface area contributed by atoms with E-state index in [1.54, 1.807) is 0 Å². The molecule has 27 heavy (non-hydrogen) atoms. The summed E-state index contributed by atoms with van der Waals surface area (Å²) in [7, 11) is 0. The predicted octanol–water partition coefficient (Wildman–Crippen LogP) is 3.79. The highest BCUT2D eigenvalue weighted by Crippen LogP contribution is 2.37. The van der Waals surface area contributed by atoms with E-state index in [-0.39, 0.29) is 17.5 Å². The van der Waals surface area contributed by atoms with Gasteiger partial charge in [0.1, 0.15) is 11.5 Å². The number of benzene rings is 1. The summed E-state index contributed by atoms with van der Waals surface area (Å²) >= 11 is 0. The van der Waals surface area contributed by atoms with Crippen LogP contribution in [0.5, 0.6) is 0 Å². The Morgan fingerprint density at radius 3 is 2.37 bits per heavy atom. The van der Waals surface area contributed by atoms with Crippen molar-refractivity contribution in [1.29, 1.82) is 0 Å². The molecule has 1 amide bonds. The zero-order chi connectivity index (χ0) is 19.8. The van der Waals surface area contributed by atoms with Crippen molar-refractivity contribution in [1.82, 2.24) is 15.3 Å². The van der Waals surface area contributed by atoms with E-state index < -0.39 is 29.2 Å². The fourth-order valence-electron chi connectivity index (χ4n) is 2.87. The van der Waals surface area contributed by atoms with E-state index in [9.17, 15) is 22.8 Å². The van der Waals surface area contributed by atoms with E-state index in [2.05, 4.69) is 15.3 Å². The molecule has 1 aliphatic carbocycles. The second kappa shape index (κ2) is 7.17. The molecular weight excluding hydrogens is 359 g/mol. The van der Waals surface area contributed by atoms with Crippen molar-refractivity contribution in [3.05, 3.63) is 63.3 Å². The van der Waals surface area contributed by atoms with Gasteiger partial charge in [0, 0.05) is 12.0 Å². The third kappa shape index (κ3) is 4.56.